The van der Waals surface area contributed by atoms with Crippen LogP contribution in [0.4, 0.5) is 5.00 Å². The van der Waals surface area contributed by atoms with Crippen molar-refractivity contribution in [1.82, 2.24) is 0 Å². The Morgan fingerprint density at radius 1 is 1.31 bits per heavy atom. The number of nitrogens with two attached hydrogens (primary N) is 1. The fourth-order valence-corrected chi connectivity index (χ4v) is 4.50. The van der Waals surface area contributed by atoms with Crippen molar-refractivity contribution >= 4 is 28.2 Å². The maximum Gasteiger partial charge on any atom is 0.252 e. The normalized spacial score (nSPS) is 16.0. The van der Waals surface area contributed by atoms with Gasteiger partial charge in [-0.15, -0.1) is 11.3 Å². The van der Waals surface area contributed by atoms with E-state index in [1.807, 2.05) is 30.3 Å². The number of amides is 2. The molecule has 1 aromatic carbocycles. The van der Waals surface area contributed by atoms with Gasteiger partial charge in [0.1, 0.15) is 17.3 Å². The SMILES string of the molecule is CC[NH+]1CCc2c(sc(NC(=O)CCOc3ccccc3)c2C(N)=O)C1. The molecule has 7 heteroatoms. The molecule has 0 radical (unpaired) electrons. The van der Waals surface area contributed by atoms with E-state index in [0.717, 1.165) is 42.2 Å². The van der Waals surface area contributed by atoms with Crippen LogP contribution < -0.4 is 20.7 Å². The average molecular weight is 374 g/mol. The summed E-state index contributed by atoms with van der Waals surface area (Å²) in [5.41, 5.74) is 7.08. The van der Waals surface area contributed by atoms with Crippen LogP contribution in [0.2, 0.25) is 0 Å². The van der Waals surface area contributed by atoms with Crippen molar-refractivity contribution in [3.8, 4) is 5.75 Å². The summed E-state index contributed by atoms with van der Waals surface area (Å²) >= 11 is 1.47. The number of carbonyl (C=O) groups is 2. The van der Waals surface area contributed by atoms with Crippen molar-refractivity contribution in [2.24, 2.45) is 5.73 Å². The molecule has 1 aliphatic heterocycles. The molecule has 0 saturated carbocycles. The van der Waals surface area contributed by atoms with Crippen molar-refractivity contribution in [2.75, 3.05) is 25.0 Å². The zero-order valence-corrected chi connectivity index (χ0v) is 15.7. The fourth-order valence-electron chi connectivity index (χ4n) is 3.15. The number of fused-ring (bicyclic) bond motifs is 1. The first-order chi connectivity index (χ1) is 12.6. The number of anilines is 1. The van der Waals surface area contributed by atoms with Gasteiger partial charge in [-0.1, -0.05) is 18.2 Å². The number of nitrogens with one attached hydrogen (secondary N) is 2. The van der Waals surface area contributed by atoms with Gasteiger partial charge in [0.05, 0.1) is 36.6 Å². The Morgan fingerprint density at radius 2 is 2.08 bits per heavy atom. The molecule has 138 valence electrons. The third-order valence-corrected chi connectivity index (χ3v) is 5.72. The Morgan fingerprint density at radius 3 is 2.77 bits per heavy atom. The molecule has 26 heavy (non-hydrogen) atoms. The smallest absolute Gasteiger partial charge is 0.252 e. The average Bonchev–Trinajstić information content (AvgIpc) is 2.99. The van der Waals surface area contributed by atoms with Crippen LogP contribution >= 0.6 is 11.3 Å². The summed E-state index contributed by atoms with van der Waals surface area (Å²) in [5.74, 6) is 0.0763. The number of rotatable bonds is 7. The number of quaternary nitrogens is 1. The molecule has 0 spiro atoms. The van der Waals surface area contributed by atoms with Crippen molar-refractivity contribution in [2.45, 2.75) is 26.3 Å². The topological polar surface area (TPSA) is 85.9 Å². The van der Waals surface area contributed by atoms with E-state index in [0.29, 0.717) is 10.6 Å². The summed E-state index contributed by atoms with van der Waals surface area (Å²) in [6, 6.07) is 9.36. The molecule has 1 unspecified atom stereocenters. The van der Waals surface area contributed by atoms with Crippen LogP contribution in [0.1, 0.15) is 34.1 Å². The highest BCUT2D eigenvalue weighted by molar-refractivity contribution is 7.17. The number of carbonyl (C=O) groups excluding carboxylic acids is 2. The lowest BCUT2D eigenvalue weighted by atomic mass is 10.0. The maximum atomic E-state index is 12.3. The summed E-state index contributed by atoms with van der Waals surface area (Å²) in [6.07, 6.45) is 1.03. The molecular weight excluding hydrogens is 350 g/mol. The van der Waals surface area contributed by atoms with Crippen molar-refractivity contribution in [3.63, 3.8) is 0 Å². The van der Waals surface area contributed by atoms with E-state index in [4.69, 9.17) is 10.5 Å². The Kier molecular flexibility index (Phi) is 5.90. The first-order valence-electron chi connectivity index (χ1n) is 8.84. The first kappa shape index (κ1) is 18.4. The number of hydrogen-bond acceptors (Lipinski definition) is 4. The fraction of sp³-hybridized carbons (Fsp3) is 0.368. The predicted molar refractivity (Wildman–Crippen MR) is 102 cm³/mol. The van der Waals surface area contributed by atoms with E-state index in [9.17, 15) is 9.59 Å². The minimum Gasteiger partial charge on any atom is -0.493 e. The monoisotopic (exact) mass is 374 g/mol. The van der Waals surface area contributed by atoms with Crippen LogP contribution in [0.25, 0.3) is 0 Å². The zero-order valence-electron chi connectivity index (χ0n) is 14.8. The largest absolute Gasteiger partial charge is 0.493 e. The molecule has 3 rings (SSSR count). The number of para-hydroxylation sites is 1. The molecular formula is C19H24N3O3S+. The lowest BCUT2D eigenvalue weighted by molar-refractivity contribution is -0.913. The van der Waals surface area contributed by atoms with Gasteiger partial charge in [0.25, 0.3) is 5.91 Å². The summed E-state index contributed by atoms with van der Waals surface area (Å²) in [4.78, 5) is 26.8. The highest BCUT2D eigenvalue weighted by atomic mass is 32.1. The van der Waals surface area contributed by atoms with Gasteiger partial charge in [0.2, 0.25) is 5.91 Å². The van der Waals surface area contributed by atoms with Crippen molar-refractivity contribution in [3.05, 3.63) is 46.3 Å². The minimum atomic E-state index is -0.474. The van der Waals surface area contributed by atoms with Crippen LogP contribution in [0, 0.1) is 0 Å². The van der Waals surface area contributed by atoms with Gasteiger partial charge in [-0.25, -0.2) is 0 Å². The molecule has 0 bridgehead atoms. The number of ether oxygens (including phenoxy) is 1. The van der Waals surface area contributed by atoms with Gasteiger partial charge in [-0.05, 0) is 24.6 Å². The van der Waals surface area contributed by atoms with E-state index < -0.39 is 5.91 Å². The summed E-state index contributed by atoms with van der Waals surface area (Å²) in [7, 11) is 0. The van der Waals surface area contributed by atoms with E-state index in [2.05, 4.69) is 12.2 Å². The molecule has 2 amide bonds. The van der Waals surface area contributed by atoms with Gasteiger partial charge in [0, 0.05) is 6.42 Å². The van der Waals surface area contributed by atoms with Crippen LogP contribution in [0.15, 0.2) is 30.3 Å². The second kappa shape index (κ2) is 8.33. The predicted octanol–water partition coefficient (Wildman–Crippen LogP) is 1.22. The van der Waals surface area contributed by atoms with Crippen LogP contribution in [-0.4, -0.2) is 31.5 Å². The molecule has 0 aliphatic carbocycles. The number of benzene rings is 1. The van der Waals surface area contributed by atoms with Gasteiger partial charge >= 0.3 is 0 Å². The summed E-state index contributed by atoms with van der Waals surface area (Å²) in [5, 5.41) is 3.43. The number of thiophene rings is 1. The highest BCUT2D eigenvalue weighted by Crippen LogP contribution is 2.34. The van der Waals surface area contributed by atoms with E-state index in [1.54, 1.807) is 0 Å². The van der Waals surface area contributed by atoms with Crippen molar-refractivity contribution < 1.29 is 19.2 Å². The molecule has 1 aliphatic rings. The van der Waals surface area contributed by atoms with Gasteiger partial charge in [-0.3, -0.25) is 9.59 Å². The lowest BCUT2D eigenvalue weighted by Crippen LogP contribution is -3.11. The standard InChI is InChI=1S/C19H23N3O3S/c1-2-22-10-8-14-15(12-22)26-19(17(14)18(20)24)21-16(23)9-11-25-13-6-4-3-5-7-13/h3-7H,2,8-12H2,1H3,(H2,20,24)(H,21,23)/p+1. The van der Waals surface area contributed by atoms with E-state index in [-0.39, 0.29) is 18.9 Å². The quantitative estimate of drug-likeness (QED) is 0.681. The molecule has 2 aromatic rings. The minimum absolute atomic E-state index is 0.179. The molecule has 6 nitrogen and oxygen atoms in total. The van der Waals surface area contributed by atoms with Crippen molar-refractivity contribution in [1.29, 1.82) is 0 Å². The second-order valence-electron chi connectivity index (χ2n) is 6.31. The summed E-state index contributed by atoms with van der Waals surface area (Å²) in [6.45, 7) is 5.34. The number of likely N-dealkylation sites (N-methyl/N-ethyl adjacent to an activating group) is 1. The molecule has 0 saturated heterocycles. The Balaban J connectivity index is 1.64. The molecule has 4 N–H and O–H groups in total. The van der Waals surface area contributed by atoms with Crippen LogP contribution in [0.3, 0.4) is 0 Å². The van der Waals surface area contributed by atoms with Gasteiger partial charge in [0.15, 0.2) is 0 Å². The lowest BCUT2D eigenvalue weighted by Gasteiger charge is -2.22. The Hall–Kier alpha value is -2.38. The van der Waals surface area contributed by atoms with E-state index >= 15 is 0 Å². The molecule has 2 heterocycles. The third-order valence-electron chi connectivity index (χ3n) is 4.57. The van der Waals surface area contributed by atoms with Gasteiger partial charge < -0.3 is 20.7 Å². The number of primary amides is 1. The zero-order chi connectivity index (χ0) is 18.5. The van der Waals surface area contributed by atoms with E-state index in [1.165, 1.54) is 16.2 Å². The Labute approximate surface area is 156 Å². The van der Waals surface area contributed by atoms with Crippen LogP contribution in [-0.2, 0) is 17.8 Å². The van der Waals surface area contributed by atoms with Crippen LogP contribution in [0.5, 0.6) is 5.75 Å². The summed E-state index contributed by atoms with van der Waals surface area (Å²) < 4.78 is 5.55. The molecule has 1 atom stereocenters. The second-order valence-corrected chi connectivity index (χ2v) is 7.42. The Bertz CT molecular complexity index is 789. The number of hydrogen-bond donors (Lipinski definition) is 3. The molecule has 1 aromatic heterocycles. The maximum absolute atomic E-state index is 12.3. The van der Waals surface area contributed by atoms with Gasteiger partial charge in [-0.2, -0.15) is 0 Å². The third kappa shape index (κ3) is 4.23. The highest BCUT2D eigenvalue weighted by Gasteiger charge is 2.29. The molecule has 0 fully saturated rings. The first-order valence-corrected chi connectivity index (χ1v) is 9.65.